The fourth-order valence-electron chi connectivity index (χ4n) is 4.20. The number of fused-ring (bicyclic) bond motifs is 2. The van der Waals surface area contributed by atoms with Gasteiger partial charge in [0.25, 0.3) is 0 Å². The number of ketones is 1. The summed E-state index contributed by atoms with van der Waals surface area (Å²) in [5, 5.41) is 18.7. The lowest BCUT2D eigenvalue weighted by Gasteiger charge is -2.01. The summed E-state index contributed by atoms with van der Waals surface area (Å²) in [6, 6.07) is 9.42. The van der Waals surface area contributed by atoms with E-state index in [-0.39, 0.29) is 12.4 Å². The van der Waals surface area contributed by atoms with E-state index in [2.05, 4.69) is 15.1 Å². The summed E-state index contributed by atoms with van der Waals surface area (Å²) < 4.78 is 3.43. The van der Waals surface area contributed by atoms with Crippen LogP contribution in [-0.4, -0.2) is 50.4 Å². The number of aromatic nitrogens is 8. The molecule has 0 spiro atoms. The van der Waals surface area contributed by atoms with Gasteiger partial charge in [-0.15, -0.1) is 11.3 Å². The zero-order valence-electron chi connectivity index (χ0n) is 19.1. The topological polar surface area (TPSA) is 127 Å². The SMILES string of the molecule is CC(=O)c1ccc(-c2nccc3[nH]c(-c4nn(C)c5ccc(-c6cn(C)nc6CO)nc45)nc23)s1. The minimum atomic E-state index is -0.177. The predicted molar refractivity (Wildman–Crippen MR) is 133 cm³/mol. The van der Waals surface area contributed by atoms with Gasteiger partial charge in [-0.25, -0.2) is 9.97 Å². The molecule has 0 bridgehead atoms. The Morgan fingerprint density at radius 1 is 1.06 bits per heavy atom. The fourth-order valence-corrected chi connectivity index (χ4v) is 5.09. The standard InChI is InChI=1S/C24H20N8O2S/c1-12(34)18-6-7-19(35-18)22-20-15(8-9-25-22)27-24(28-20)23-21-17(32(3)30-23)5-4-14(26-21)13-10-31(2)29-16(13)11-33/h4-10,33H,11H2,1-3H3,(H,27,28). The average molecular weight is 485 g/mol. The molecule has 0 saturated heterocycles. The molecular formula is C24H20N8O2S. The number of thiophene rings is 1. The van der Waals surface area contributed by atoms with Gasteiger partial charge in [0, 0.05) is 32.1 Å². The van der Waals surface area contributed by atoms with Crippen molar-refractivity contribution in [2.24, 2.45) is 14.1 Å². The summed E-state index contributed by atoms with van der Waals surface area (Å²) in [6.07, 6.45) is 3.56. The van der Waals surface area contributed by atoms with Gasteiger partial charge in [-0.05, 0) is 37.3 Å². The van der Waals surface area contributed by atoms with Crippen LogP contribution in [0.5, 0.6) is 0 Å². The van der Waals surface area contributed by atoms with Crippen molar-refractivity contribution in [3.05, 3.63) is 53.3 Å². The second-order valence-electron chi connectivity index (χ2n) is 8.22. The Morgan fingerprint density at radius 3 is 2.69 bits per heavy atom. The van der Waals surface area contributed by atoms with Crippen LogP contribution in [0.1, 0.15) is 22.3 Å². The van der Waals surface area contributed by atoms with E-state index in [1.807, 2.05) is 50.6 Å². The number of carbonyl (C=O) groups excluding carboxylic acids is 1. The van der Waals surface area contributed by atoms with Gasteiger partial charge in [0.15, 0.2) is 17.3 Å². The van der Waals surface area contributed by atoms with Crippen LogP contribution in [0.3, 0.4) is 0 Å². The predicted octanol–water partition coefficient (Wildman–Crippen LogP) is 3.73. The molecule has 6 aromatic rings. The smallest absolute Gasteiger partial charge is 0.169 e. The maximum Gasteiger partial charge on any atom is 0.169 e. The molecule has 11 heteroatoms. The molecule has 2 N–H and O–H groups in total. The molecule has 35 heavy (non-hydrogen) atoms. The maximum atomic E-state index is 11.8. The largest absolute Gasteiger partial charge is 0.390 e. The van der Waals surface area contributed by atoms with Gasteiger partial charge in [0.2, 0.25) is 0 Å². The number of aliphatic hydroxyl groups excluding tert-OH is 1. The Bertz CT molecular complexity index is 1760. The normalized spacial score (nSPS) is 11.7. The molecule has 10 nitrogen and oxygen atoms in total. The van der Waals surface area contributed by atoms with Crippen molar-refractivity contribution in [3.8, 4) is 33.3 Å². The lowest BCUT2D eigenvalue weighted by atomic mass is 10.1. The Morgan fingerprint density at radius 2 is 1.91 bits per heavy atom. The van der Waals surface area contributed by atoms with Crippen molar-refractivity contribution in [2.75, 3.05) is 0 Å². The molecule has 0 unspecified atom stereocenters. The van der Waals surface area contributed by atoms with Crippen LogP contribution >= 0.6 is 11.3 Å². The molecular weight excluding hydrogens is 464 g/mol. The first-order valence-corrected chi connectivity index (χ1v) is 11.7. The van der Waals surface area contributed by atoms with E-state index in [0.717, 1.165) is 21.5 Å². The summed E-state index contributed by atoms with van der Waals surface area (Å²) >= 11 is 1.40. The maximum absolute atomic E-state index is 11.8. The first-order chi connectivity index (χ1) is 16.9. The van der Waals surface area contributed by atoms with Crippen LogP contribution in [0.2, 0.25) is 0 Å². The van der Waals surface area contributed by atoms with Gasteiger partial charge < -0.3 is 10.1 Å². The van der Waals surface area contributed by atoms with Gasteiger partial charge in [-0.1, -0.05) is 0 Å². The number of aromatic amines is 1. The Kier molecular flexibility index (Phi) is 4.83. The van der Waals surface area contributed by atoms with Crippen molar-refractivity contribution < 1.29 is 9.90 Å². The number of Topliss-reactive ketones (excluding diaryl/α,β-unsaturated/α-hetero) is 1. The van der Waals surface area contributed by atoms with Crippen LogP contribution in [0.25, 0.3) is 55.4 Å². The minimum Gasteiger partial charge on any atom is -0.390 e. The highest BCUT2D eigenvalue weighted by molar-refractivity contribution is 7.17. The molecule has 0 amide bonds. The Hall–Kier alpha value is -4.22. The highest BCUT2D eigenvalue weighted by atomic mass is 32.1. The van der Waals surface area contributed by atoms with E-state index in [9.17, 15) is 9.90 Å². The van der Waals surface area contributed by atoms with Crippen LogP contribution in [0, 0.1) is 0 Å². The van der Waals surface area contributed by atoms with Crippen molar-refractivity contribution in [1.82, 2.24) is 39.5 Å². The molecule has 0 fully saturated rings. The molecule has 6 rings (SSSR count). The number of hydrogen-bond acceptors (Lipinski definition) is 8. The van der Waals surface area contributed by atoms with Crippen molar-refractivity contribution in [1.29, 1.82) is 0 Å². The van der Waals surface area contributed by atoms with Gasteiger partial charge in [-0.3, -0.25) is 19.1 Å². The van der Waals surface area contributed by atoms with Gasteiger partial charge in [0.05, 0.1) is 38.8 Å². The van der Waals surface area contributed by atoms with Crippen LogP contribution in [0.15, 0.2) is 42.7 Å². The van der Waals surface area contributed by atoms with Crippen LogP contribution < -0.4 is 0 Å². The van der Waals surface area contributed by atoms with E-state index in [1.54, 1.807) is 22.5 Å². The van der Waals surface area contributed by atoms with Crippen LogP contribution in [0.4, 0.5) is 0 Å². The average Bonchev–Trinajstić information content (AvgIpc) is 3.63. The van der Waals surface area contributed by atoms with Gasteiger partial charge in [0.1, 0.15) is 16.7 Å². The minimum absolute atomic E-state index is 0.0240. The molecule has 0 aliphatic rings. The number of pyridine rings is 2. The molecule has 0 atom stereocenters. The van der Waals surface area contributed by atoms with Gasteiger partial charge >= 0.3 is 0 Å². The number of aliphatic hydroxyl groups is 1. The molecule has 0 aliphatic heterocycles. The number of carbonyl (C=O) groups is 1. The zero-order valence-corrected chi connectivity index (χ0v) is 20.0. The monoisotopic (exact) mass is 484 g/mol. The Labute approximate surface area is 202 Å². The second-order valence-corrected chi connectivity index (χ2v) is 9.30. The number of hydrogen-bond donors (Lipinski definition) is 2. The third kappa shape index (κ3) is 3.44. The lowest BCUT2D eigenvalue weighted by Crippen LogP contribution is -1.92. The summed E-state index contributed by atoms with van der Waals surface area (Å²) in [4.78, 5) is 31.0. The molecule has 174 valence electrons. The number of imidazole rings is 1. The number of H-pyrrole nitrogens is 1. The van der Waals surface area contributed by atoms with E-state index >= 15 is 0 Å². The number of nitrogens with zero attached hydrogens (tertiary/aromatic N) is 7. The first kappa shape index (κ1) is 21.3. The van der Waals surface area contributed by atoms with Crippen molar-refractivity contribution >= 4 is 39.2 Å². The summed E-state index contributed by atoms with van der Waals surface area (Å²) in [5.41, 5.74) is 6.37. The fraction of sp³-hybridized carbons (Fsp3) is 0.167. The molecule has 0 saturated carbocycles. The highest BCUT2D eigenvalue weighted by Gasteiger charge is 2.20. The lowest BCUT2D eigenvalue weighted by molar-refractivity contribution is 0.102. The van der Waals surface area contributed by atoms with E-state index in [0.29, 0.717) is 44.5 Å². The number of aryl methyl sites for hydroxylation is 2. The first-order valence-electron chi connectivity index (χ1n) is 10.9. The molecule has 0 aromatic carbocycles. The van der Waals surface area contributed by atoms with Crippen molar-refractivity contribution in [3.63, 3.8) is 0 Å². The third-order valence-corrected chi connectivity index (χ3v) is 7.03. The van der Waals surface area contributed by atoms with E-state index < -0.39 is 0 Å². The third-order valence-electron chi connectivity index (χ3n) is 5.84. The summed E-state index contributed by atoms with van der Waals surface area (Å²) in [5.74, 6) is 0.595. The van der Waals surface area contributed by atoms with Crippen molar-refractivity contribution in [2.45, 2.75) is 13.5 Å². The Balaban J connectivity index is 1.51. The second kappa shape index (κ2) is 7.93. The summed E-state index contributed by atoms with van der Waals surface area (Å²) in [7, 11) is 3.67. The number of nitrogens with one attached hydrogen (secondary N) is 1. The van der Waals surface area contributed by atoms with E-state index in [1.165, 1.54) is 11.3 Å². The zero-order chi connectivity index (χ0) is 24.3. The quantitative estimate of drug-likeness (QED) is 0.357. The molecule has 0 aliphatic carbocycles. The number of rotatable bonds is 5. The van der Waals surface area contributed by atoms with E-state index in [4.69, 9.17) is 15.1 Å². The van der Waals surface area contributed by atoms with Gasteiger partial charge in [-0.2, -0.15) is 10.2 Å². The summed E-state index contributed by atoms with van der Waals surface area (Å²) in [6.45, 7) is 1.38. The molecule has 6 heterocycles. The molecule has 0 radical (unpaired) electrons. The molecule has 6 aromatic heterocycles. The van der Waals surface area contributed by atoms with Crippen LogP contribution in [-0.2, 0) is 20.7 Å². The highest BCUT2D eigenvalue weighted by Crippen LogP contribution is 2.34.